The predicted molar refractivity (Wildman–Crippen MR) is 69.6 cm³/mol. The van der Waals surface area contributed by atoms with E-state index >= 15 is 0 Å². The summed E-state index contributed by atoms with van der Waals surface area (Å²) in [4.78, 5) is 2.01. The van der Waals surface area contributed by atoms with Gasteiger partial charge < -0.3 is 10.6 Å². The topological polar surface area (TPSA) is 53.1 Å². The zero-order valence-corrected chi connectivity index (χ0v) is 10.9. The Morgan fingerprint density at radius 2 is 1.50 bits per heavy atom. The minimum atomic E-state index is 0.260. The van der Waals surface area contributed by atoms with E-state index < -0.39 is 0 Å². The first kappa shape index (κ1) is 13.3. The monoisotopic (exact) mass is 225 g/mol. The molecule has 0 radical (unpaired) electrons. The van der Waals surface area contributed by atoms with Crippen molar-refractivity contribution < 1.29 is 0 Å². The number of nitrogens with zero attached hydrogens (tertiary/aromatic N) is 1. The molecule has 1 aliphatic heterocycles. The molecule has 0 aromatic rings. The molecule has 0 bridgehead atoms. The molecular formula is C13H27N3. The second kappa shape index (κ2) is 6.12. The van der Waals surface area contributed by atoms with Crippen molar-refractivity contribution in [3.63, 3.8) is 0 Å². The van der Waals surface area contributed by atoms with Crippen LogP contribution in [0.4, 0.5) is 0 Å². The predicted octanol–water partition coefficient (Wildman–Crippen LogP) is 2.95. The number of likely N-dealkylation sites (tertiary alicyclic amines) is 1. The number of nitrogens with two attached hydrogens (primary N) is 1. The van der Waals surface area contributed by atoms with Gasteiger partial charge in [-0.15, -0.1) is 0 Å². The van der Waals surface area contributed by atoms with E-state index in [1.807, 2.05) is 18.7 Å². The van der Waals surface area contributed by atoms with Crippen LogP contribution in [0.1, 0.15) is 58.8 Å². The largest absolute Gasteiger partial charge is 0.370 e. The van der Waals surface area contributed by atoms with Crippen LogP contribution in [0.2, 0.25) is 0 Å². The van der Waals surface area contributed by atoms with E-state index in [2.05, 4.69) is 0 Å². The summed E-state index contributed by atoms with van der Waals surface area (Å²) in [5.41, 5.74) is 6.12. The Balaban J connectivity index is 0.000000606. The molecule has 1 aliphatic carbocycles. The van der Waals surface area contributed by atoms with Crippen molar-refractivity contribution in [2.45, 2.75) is 58.8 Å². The summed E-state index contributed by atoms with van der Waals surface area (Å²) in [7, 11) is 0. The lowest BCUT2D eigenvalue weighted by atomic mass is 9.68. The number of nitrogens with one attached hydrogen (secondary N) is 1. The molecule has 1 heterocycles. The summed E-state index contributed by atoms with van der Waals surface area (Å²) in [6.45, 7) is 6.02. The van der Waals surface area contributed by atoms with Crippen molar-refractivity contribution in [3.05, 3.63) is 0 Å². The molecule has 2 rings (SSSR count). The Hall–Kier alpha value is -0.730. The Bertz CT molecular complexity index is 209. The number of hydrogen-bond donors (Lipinski definition) is 2. The highest BCUT2D eigenvalue weighted by molar-refractivity contribution is 5.74. The van der Waals surface area contributed by atoms with Crippen LogP contribution < -0.4 is 5.73 Å². The minimum Gasteiger partial charge on any atom is -0.370 e. The molecule has 0 unspecified atom stereocenters. The first-order chi connectivity index (χ1) is 7.72. The molecule has 94 valence electrons. The molecule has 0 amide bonds. The summed E-state index contributed by atoms with van der Waals surface area (Å²) >= 11 is 0. The molecule has 16 heavy (non-hydrogen) atoms. The molecule has 2 aliphatic rings. The van der Waals surface area contributed by atoms with Gasteiger partial charge in [0, 0.05) is 13.1 Å². The number of rotatable bonds is 0. The molecule has 3 nitrogen and oxygen atoms in total. The summed E-state index contributed by atoms with van der Waals surface area (Å²) in [5, 5.41) is 7.39. The zero-order chi connectivity index (χ0) is 12.0. The van der Waals surface area contributed by atoms with Gasteiger partial charge in [0.1, 0.15) is 0 Å². The van der Waals surface area contributed by atoms with Crippen LogP contribution in [0.15, 0.2) is 0 Å². The molecule has 0 aromatic heterocycles. The van der Waals surface area contributed by atoms with E-state index in [0.717, 1.165) is 13.1 Å². The van der Waals surface area contributed by atoms with Crippen LogP contribution in [0.5, 0.6) is 0 Å². The van der Waals surface area contributed by atoms with Gasteiger partial charge in [-0.2, -0.15) is 0 Å². The smallest absolute Gasteiger partial charge is 0.188 e. The highest BCUT2D eigenvalue weighted by atomic mass is 15.2. The maximum Gasteiger partial charge on any atom is 0.188 e. The van der Waals surface area contributed by atoms with Crippen LogP contribution in [-0.4, -0.2) is 23.9 Å². The molecule has 1 saturated carbocycles. The fraction of sp³-hybridized carbons (Fsp3) is 0.923. The Kier molecular flexibility index (Phi) is 5.10. The molecule has 0 atom stereocenters. The lowest BCUT2D eigenvalue weighted by molar-refractivity contribution is 0.0970. The van der Waals surface area contributed by atoms with Gasteiger partial charge >= 0.3 is 0 Å². The fourth-order valence-corrected chi connectivity index (χ4v) is 3.02. The van der Waals surface area contributed by atoms with Crippen LogP contribution in [0, 0.1) is 10.8 Å². The molecule has 1 saturated heterocycles. The van der Waals surface area contributed by atoms with Gasteiger partial charge in [-0.05, 0) is 31.1 Å². The molecule has 0 aromatic carbocycles. The van der Waals surface area contributed by atoms with E-state index in [0.29, 0.717) is 5.41 Å². The van der Waals surface area contributed by atoms with Gasteiger partial charge in [0.2, 0.25) is 0 Å². The standard InChI is InChI=1S/C11H21N3.C2H6/c12-10(13)14-8-6-11(7-9-14)4-2-1-3-5-11;1-2/h1-9H2,(H3,12,13);1-2H3. The normalized spacial score (nSPS) is 23.5. The highest BCUT2D eigenvalue weighted by Crippen LogP contribution is 2.44. The lowest BCUT2D eigenvalue weighted by Crippen LogP contribution is -2.46. The second-order valence-corrected chi connectivity index (χ2v) is 4.93. The van der Waals surface area contributed by atoms with Crippen molar-refractivity contribution in [2.24, 2.45) is 11.1 Å². The second-order valence-electron chi connectivity index (χ2n) is 4.93. The zero-order valence-electron chi connectivity index (χ0n) is 10.9. The van der Waals surface area contributed by atoms with Crippen LogP contribution in [0.3, 0.4) is 0 Å². The van der Waals surface area contributed by atoms with Gasteiger partial charge in [-0.3, -0.25) is 5.41 Å². The number of hydrogen-bond acceptors (Lipinski definition) is 1. The average Bonchev–Trinajstić information content (AvgIpc) is 2.33. The van der Waals surface area contributed by atoms with Crippen molar-refractivity contribution in [1.82, 2.24) is 4.90 Å². The van der Waals surface area contributed by atoms with Crippen LogP contribution in [0.25, 0.3) is 0 Å². The highest BCUT2D eigenvalue weighted by Gasteiger charge is 2.35. The van der Waals surface area contributed by atoms with Gasteiger partial charge in [0.05, 0.1) is 0 Å². The lowest BCUT2D eigenvalue weighted by Gasteiger charge is -2.44. The van der Waals surface area contributed by atoms with E-state index in [1.54, 1.807) is 0 Å². The minimum absolute atomic E-state index is 0.260. The number of guanidine groups is 1. The Labute approximate surface area is 99.9 Å². The van der Waals surface area contributed by atoms with E-state index in [4.69, 9.17) is 11.1 Å². The molecular weight excluding hydrogens is 198 g/mol. The SMILES string of the molecule is CC.N=C(N)N1CCC2(CCCCC2)CC1. The fourth-order valence-electron chi connectivity index (χ4n) is 3.02. The van der Waals surface area contributed by atoms with Crippen molar-refractivity contribution in [2.75, 3.05) is 13.1 Å². The average molecular weight is 225 g/mol. The molecule has 3 heteroatoms. The third kappa shape index (κ3) is 3.13. The Morgan fingerprint density at radius 3 is 1.94 bits per heavy atom. The van der Waals surface area contributed by atoms with E-state index in [9.17, 15) is 0 Å². The van der Waals surface area contributed by atoms with E-state index in [1.165, 1.54) is 44.9 Å². The maximum atomic E-state index is 7.39. The Morgan fingerprint density at radius 1 is 1.00 bits per heavy atom. The molecule has 3 N–H and O–H groups in total. The van der Waals surface area contributed by atoms with Crippen molar-refractivity contribution in [1.29, 1.82) is 5.41 Å². The maximum absolute atomic E-state index is 7.39. The van der Waals surface area contributed by atoms with Gasteiger partial charge in [0.15, 0.2) is 5.96 Å². The third-order valence-corrected chi connectivity index (χ3v) is 4.08. The molecule has 1 spiro atoms. The summed E-state index contributed by atoms with van der Waals surface area (Å²) in [6, 6.07) is 0. The van der Waals surface area contributed by atoms with Crippen molar-refractivity contribution >= 4 is 5.96 Å². The molecule has 2 fully saturated rings. The van der Waals surface area contributed by atoms with Gasteiger partial charge in [-0.25, -0.2) is 0 Å². The van der Waals surface area contributed by atoms with Crippen LogP contribution in [-0.2, 0) is 0 Å². The third-order valence-electron chi connectivity index (χ3n) is 4.08. The van der Waals surface area contributed by atoms with Crippen molar-refractivity contribution in [3.8, 4) is 0 Å². The summed E-state index contributed by atoms with van der Waals surface area (Å²) in [6.07, 6.45) is 9.61. The van der Waals surface area contributed by atoms with Crippen LogP contribution >= 0.6 is 0 Å². The summed E-state index contributed by atoms with van der Waals surface area (Å²) in [5.74, 6) is 0.260. The quantitative estimate of drug-likeness (QED) is 0.492. The van der Waals surface area contributed by atoms with E-state index in [-0.39, 0.29) is 5.96 Å². The first-order valence-electron chi connectivity index (χ1n) is 6.81. The first-order valence-corrected chi connectivity index (χ1v) is 6.81. The summed E-state index contributed by atoms with van der Waals surface area (Å²) < 4.78 is 0. The van der Waals surface area contributed by atoms with Gasteiger partial charge in [-0.1, -0.05) is 33.1 Å². The van der Waals surface area contributed by atoms with Gasteiger partial charge in [0.25, 0.3) is 0 Å². The number of piperidine rings is 1.